The summed E-state index contributed by atoms with van der Waals surface area (Å²) in [6.07, 6.45) is 4.80. The topological polar surface area (TPSA) is 57.6 Å². The molecule has 4 nitrogen and oxygen atoms in total. The summed E-state index contributed by atoms with van der Waals surface area (Å²) in [5.41, 5.74) is 1.17. The molecule has 148 valence electrons. The summed E-state index contributed by atoms with van der Waals surface area (Å²) in [6, 6.07) is 5.54. The first-order valence-electron chi connectivity index (χ1n) is 9.90. The van der Waals surface area contributed by atoms with Crippen LogP contribution in [0.5, 0.6) is 0 Å². The monoisotopic (exact) mass is 381 g/mol. The highest BCUT2D eigenvalue weighted by Gasteiger charge is 2.47. The summed E-state index contributed by atoms with van der Waals surface area (Å²) in [6.45, 7) is 6.22. The number of rotatable bonds is 7. The molecular formula is C21H35NO3S. The largest absolute Gasteiger partial charge is 0.392 e. The zero-order valence-electron chi connectivity index (χ0n) is 17.0. The van der Waals surface area contributed by atoms with Gasteiger partial charge in [0.15, 0.2) is 9.84 Å². The number of sulfone groups is 1. The Balaban J connectivity index is 2.59. The Hall–Kier alpha value is -1.07. The predicted molar refractivity (Wildman–Crippen MR) is 109 cm³/mol. The van der Waals surface area contributed by atoms with Crippen molar-refractivity contribution in [3.05, 3.63) is 23.8 Å². The van der Waals surface area contributed by atoms with Crippen molar-refractivity contribution in [3.8, 4) is 0 Å². The Morgan fingerprint density at radius 1 is 1.15 bits per heavy atom. The molecule has 1 N–H and O–H groups in total. The van der Waals surface area contributed by atoms with Crippen LogP contribution < -0.4 is 4.90 Å². The van der Waals surface area contributed by atoms with Crippen molar-refractivity contribution < 1.29 is 13.5 Å². The number of unbranched alkanes of at least 4 members (excludes halogenated alkanes) is 2. The minimum atomic E-state index is -3.43. The molecule has 0 saturated carbocycles. The van der Waals surface area contributed by atoms with Crippen LogP contribution in [0.3, 0.4) is 0 Å². The van der Waals surface area contributed by atoms with Crippen molar-refractivity contribution in [2.24, 2.45) is 5.41 Å². The molecule has 1 heterocycles. The van der Waals surface area contributed by atoms with Crippen molar-refractivity contribution in [2.45, 2.75) is 76.2 Å². The van der Waals surface area contributed by atoms with Gasteiger partial charge in [0, 0.05) is 31.1 Å². The number of fused-ring (bicyclic) bond motifs is 1. The van der Waals surface area contributed by atoms with Crippen molar-refractivity contribution >= 4 is 15.5 Å². The summed E-state index contributed by atoms with van der Waals surface area (Å²) in [4.78, 5) is 2.38. The predicted octanol–water partition coefficient (Wildman–Crippen LogP) is 4.37. The van der Waals surface area contributed by atoms with Gasteiger partial charge in [0.25, 0.3) is 0 Å². The molecule has 1 aromatic carbocycles. The van der Waals surface area contributed by atoms with E-state index in [1.165, 1.54) is 0 Å². The SMILES string of the molecule is CCCCC1(CCCC)CS(=O)(=O)c2ccc(N(C)C)cc2[C@@H](C)[C@H]1O. The molecule has 2 atom stereocenters. The Morgan fingerprint density at radius 3 is 2.23 bits per heavy atom. The second-order valence-corrected chi connectivity index (χ2v) is 10.1. The fourth-order valence-corrected chi connectivity index (χ4v) is 6.57. The molecule has 0 bridgehead atoms. The van der Waals surface area contributed by atoms with Gasteiger partial charge in [0.2, 0.25) is 0 Å². The molecular weight excluding hydrogens is 346 g/mol. The van der Waals surface area contributed by atoms with Crippen LogP contribution in [0.4, 0.5) is 5.69 Å². The first kappa shape index (κ1) is 21.2. The summed E-state index contributed by atoms with van der Waals surface area (Å²) in [5.74, 6) is -0.143. The Kier molecular flexibility index (Phi) is 6.78. The van der Waals surface area contributed by atoms with Gasteiger partial charge in [-0.25, -0.2) is 8.42 Å². The van der Waals surface area contributed by atoms with Gasteiger partial charge in [0.1, 0.15) is 0 Å². The highest BCUT2D eigenvalue weighted by molar-refractivity contribution is 7.91. The standard InChI is InChI=1S/C21H35NO3S/c1-6-8-12-21(13-9-7-2)15-26(24,25)19-11-10-17(22(4)5)14-18(19)16(3)20(21)23/h10-11,14,16,20,23H,6-9,12-13,15H2,1-5H3/t16-,20-/m1/s1. The van der Waals surface area contributed by atoms with E-state index in [1.54, 1.807) is 6.07 Å². The number of aliphatic hydroxyl groups is 1. The zero-order chi connectivity index (χ0) is 19.5. The van der Waals surface area contributed by atoms with Crippen molar-refractivity contribution in [1.82, 2.24) is 0 Å². The van der Waals surface area contributed by atoms with E-state index in [2.05, 4.69) is 13.8 Å². The van der Waals surface area contributed by atoms with Gasteiger partial charge in [-0.15, -0.1) is 0 Å². The maximum Gasteiger partial charge on any atom is 0.179 e. The van der Waals surface area contributed by atoms with Gasteiger partial charge in [-0.3, -0.25) is 0 Å². The van der Waals surface area contributed by atoms with Gasteiger partial charge in [-0.1, -0.05) is 46.5 Å². The van der Waals surface area contributed by atoms with Gasteiger partial charge < -0.3 is 10.0 Å². The Labute approximate surface area is 159 Å². The number of nitrogens with zero attached hydrogens (tertiary/aromatic N) is 1. The van der Waals surface area contributed by atoms with Crippen LogP contribution in [-0.4, -0.2) is 39.5 Å². The van der Waals surface area contributed by atoms with Gasteiger partial charge >= 0.3 is 0 Å². The Bertz CT molecular complexity index is 704. The van der Waals surface area contributed by atoms with Crippen LogP contribution in [0.1, 0.15) is 70.8 Å². The van der Waals surface area contributed by atoms with Crippen LogP contribution in [0, 0.1) is 5.41 Å². The van der Waals surface area contributed by atoms with Crippen molar-refractivity contribution in [2.75, 3.05) is 24.7 Å². The van der Waals surface area contributed by atoms with Crippen LogP contribution in [0.15, 0.2) is 23.1 Å². The number of benzene rings is 1. The molecule has 2 rings (SSSR count). The van der Waals surface area contributed by atoms with Crippen molar-refractivity contribution in [3.63, 3.8) is 0 Å². The van der Waals surface area contributed by atoms with E-state index < -0.39 is 21.4 Å². The molecule has 0 spiro atoms. The lowest BCUT2D eigenvalue weighted by Gasteiger charge is -2.39. The molecule has 0 radical (unpaired) electrons. The van der Waals surface area contributed by atoms with Crippen LogP contribution in [-0.2, 0) is 9.84 Å². The molecule has 26 heavy (non-hydrogen) atoms. The second kappa shape index (κ2) is 8.30. The van der Waals surface area contributed by atoms with E-state index in [4.69, 9.17) is 0 Å². The normalized spacial score (nSPS) is 23.9. The molecule has 0 fully saturated rings. The molecule has 0 aromatic heterocycles. The summed E-state index contributed by atoms with van der Waals surface area (Å²) in [7, 11) is 0.457. The van der Waals surface area contributed by atoms with E-state index in [0.717, 1.165) is 49.8 Å². The lowest BCUT2D eigenvalue weighted by molar-refractivity contribution is 0.00802. The minimum absolute atomic E-state index is 0.0554. The smallest absolute Gasteiger partial charge is 0.179 e. The molecule has 0 amide bonds. The quantitative estimate of drug-likeness (QED) is 0.762. The third-order valence-electron chi connectivity index (χ3n) is 5.97. The fourth-order valence-electron chi connectivity index (χ4n) is 4.32. The maximum absolute atomic E-state index is 13.3. The summed E-state index contributed by atoms with van der Waals surface area (Å²) >= 11 is 0. The van der Waals surface area contributed by atoms with E-state index in [1.807, 2.05) is 38.1 Å². The number of hydrogen-bond donors (Lipinski definition) is 1. The first-order chi connectivity index (χ1) is 12.2. The summed E-state index contributed by atoms with van der Waals surface area (Å²) in [5, 5.41) is 11.4. The van der Waals surface area contributed by atoms with E-state index >= 15 is 0 Å². The highest BCUT2D eigenvalue weighted by Crippen LogP contribution is 2.47. The number of anilines is 1. The fraction of sp³-hybridized carbons (Fsp3) is 0.714. The number of aliphatic hydroxyl groups excluding tert-OH is 1. The van der Waals surface area contributed by atoms with E-state index in [0.29, 0.717) is 4.90 Å². The average Bonchev–Trinajstić information content (AvgIpc) is 2.67. The third kappa shape index (κ3) is 4.09. The zero-order valence-corrected chi connectivity index (χ0v) is 17.8. The highest BCUT2D eigenvalue weighted by atomic mass is 32.2. The van der Waals surface area contributed by atoms with Gasteiger partial charge in [-0.05, 0) is 36.6 Å². The molecule has 0 aliphatic carbocycles. The molecule has 0 saturated heterocycles. The van der Waals surface area contributed by atoms with Crippen LogP contribution in [0.2, 0.25) is 0 Å². The van der Waals surface area contributed by atoms with E-state index in [-0.39, 0.29) is 11.7 Å². The Morgan fingerprint density at radius 2 is 1.73 bits per heavy atom. The minimum Gasteiger partial charge on any atom is -0.392 e. The molecule has 0 unspecified atom stereocenters. The summed E-state index contributed by atoms with van der Waals surface area (Å²) < 4.78 is 26.6. The molecule has 1 aliphatic rings. The first-order valence-corrected chi connectivity index (χ1v) is 11.6. The van der Waals surface area contributed by atoms with E-state index in [9.17, 15) is 13.5 Å². The van der Waals surface area contributed by atoms with Crippen molar-refractivity contribution in [1.29, 1.82) is 0 Å². The molecule has 5 heteroatoms. The second-order valence-electron chi connectivity index (χ2n) is 8.18. The maximum atomic E-state index is 13.3. The van der Waals surface area contributed by atoms with Crippen LogP contribution in [0.25, 0.3) is 0 Å². The number of hydrogen-bond acceptors (Lipinski definition) is 4. The molecule has 1 aromatic rings. The van der Waals surface area contributed by atoms with Gasteiger partial charge in [-0.2, -0.15) is 0 Å². The van der Waals surface area contributed by atoms with Crippen LogP contribution >= 0.6 is 0 Å². The average molecular weight is 382 g/mol. The third-order valence-corrected chi connectivity index (χ3v) is 7.97. The lowest BCUT2D eigenvalue weighted by Crippen LogP contribution is -2.42. The molecule has 1 aliphatic heterocycles. The van der Waals surface area contributed by atoms with Gasteiger partial charge in [0.05, 0.1) is 16.8 Å². The lowest BCUT2D eigenvalue weighted by atomic mass is 9.70.